The second-order valence-electron chi connectivity index (χ2n) is 5.02. The first kappa shape index (κ1) is 18.3. The molecule has 0 saturated carbocycles. The lowest BCUT2D eigenvalue weighted by molar-refractivity contribution is 0.104. The van der Waals surface area contributed by atoms with E-state index in [1.807, 2.05) is 6.07 Å². The van der Waals surface area contributed by atoms with Crippen molar-refractivity contribution in [3.05, 3.63) is 46.2 Å². The number of allylic oxidation sites excluding steroid dienone is 1. The van der Waals surface area contributed by atoms with Crippen LogP contribution < -0.4 is 0 Å². The van der Waals surface area contributed by atoms with Crippen molar-refractivity contribution in [3.63, 3.8) is 0 Å². The highest BCUT2D eigenvalue weighted by Gasteiger charge is 2.27. The summed E-state index contributed by atoms with van der Waals surface area (Å²) in [6, 6.07) is 8.73. The van der Waals surface area contributed by atoms with Crippen molar-refractivity contribution in [1.82, 2.24) is 0 Å². The van der Waals surface area contributed by atoms with E-state index in [1.54, 1.807) is 52.0 Å². The van der Waals surface area contributed by atoms with Crippen molar-refractivity contribution >= 4 is 29.3 Å². The van der Waals surface area contributed by atoms with Crippen LogP contribution in [-0.2, 0) is 13.6 Å². The average molecular weight is 375 g/mol. The van der Waals surface area contributed by atoms with Crippen molar-refractivity contribution < 1.29 is 18.4 Å². The van der Waals surface area contributed by atoms with Crippen molar-refractivity contribution in [1.29, 1.82) is 0 Å². The summed E-state index contributed by atoms with van der Waals surface area (Å²) in [5.74, 6) is 0.970. The first-order chi connectivity index (χ1) is 9.73. The summed E-state index contributed by atoms with van der Waals surface area (Å²) in [5.41, 5.74) is 0.501. The zero-order valence-electron chi connectivity index (χ0n) is 12.6. The van der Waals surface area contributed by atoms with Crippen LogP contribution in [0.15, 0.2) is 40.6 Å². The van der Waals surface area contributed by atoms with E-state index in [1.165, 1.54) is 5.82 Å². The van der Waals surface area contributed by atoms with Crippen molar-refractivity contribution in [2.24, 2.45) is 0 Å². The van der Waals surface area contributed by atoms with Crippen LogP contribution in [-0.4, -0.2) is 18.0 Å². The molecule has 1 aromatic rings. The smallest absolute Gasteiger partial charge is 0.303 e. The molecule has 0 spiro atoms. The Labute approximate surface area is 134 Å². The van der Waals surface area contributed by atoms with E-state index < -0.39 is 7.60 Å². The summed E-state index contributed by atoms with van der Waals surface area (Å²) < 4.78 is 23.6. The van der Waals surface area contributed by atoms with E-state index in [9.17, 15) is 9.36 Å². The van der Waals surface area contributed by atoms with Crippen LogP contribution in [0.1, 0.15) is 38.1 Å². The number of hydrogen-bond acceptors (Lipinski definition) is 4. The fourth-order valence-electron chi connectivity index (χ4n) is 1.60. The molecule has 116 valence electrons. The molecule has 0 heterocycles. The molecule has 0 amide bonds. The van der Waals surface area contributed by atoms with E-state index in [2.05, 4.69) is 15.9 Å². The highest BCUT2D eigenvalue weighted by atomic mass is 79.9. The molecule has 0 bridgehead atoms. The molecular weight excluding hydrogens is 355 g/mol. The van der Waals surface area contributed by atoms with Gasteiger partial charge in [0.05, 0.1) is 16.7 Å². The van der Waals surface area contributed by atoms with Gasteiger partial charge in [-0.1, -0.05) is 30.3 Å². The predicted molar refractivity (Wildman–Crippen MR) is 87.8 cm³/mol. The highest BCUT2D eigenvalue weighted by molar-refractivity contribution is 9.12. The molecule has 0 N–H and O–H groups in total. The minimum atomic E-state index is -3.49. The van der Waals surface area contributed by atoms with Gasteiger partial charge in [-0.15, -0.1) is 0 Å². The van der Waals surface area contributed by atoms with E-state index in [0.29, 0.717) is 5.56 Å². The van der Waals surface area contributed by atoms with Gasteiger partial charge in [-0.2, -0.15) is 0 Å². The van der Waals surface area contributed by atoms with Crippen LogP contribution in [0.3, 0.4) is 0 Å². The quantitative estimate of drug-likeness (QED) is 0.376. The zero-order valence-corrected chi connectivity index (χ0v) is 15.1. The maximum absolute atomic E-state index is 12.7. The monoisotopic (exact) mass is 374 g/mol. The minimum absolute atomic E-state index is 0.165. The second-order valence-corrected chi connectivity index (χ2v) is 7.63. The topological polar surface area (TPSA) is 52.6 Å². The van der Waals surface area contributed by atoms with Gasteiger partial charge in [0.15, 0.2) is 5.78 Å². The normalized spacial score (nSPS) is 13.0. The third-order valence-electron chi connectivity index (χ3n) is 2.24. The molecule has 1 aromatic carbocycles. The zero-order chi connectivity index (χ0) is 16.0. The fourth-order valence-corrected chi connectivity index (χ4v) is 4.32. The van der Waals surface area contributed by atoms with Gasteiger partial charge < -0.3 is 9.05 Å². The third-order valence-corrected chi connectivity index (χ3v) is 5.19. The Morgan fingerprint density at radius 3 is 2.00 bits per heavy atom. The average Bonchev–Trinajstić information content (AvgIpc) is 2.36. The van der Waals surface area contributed by atoms with E-state index in [-0.39, 0.29) is 22.5 Å². The van der Waals surface area contributed by atoms with Gasteiger partial charge in [-0.3, -0.25) is 9.36 Å². The molecule has 0 aliphatic carbocycles. The predicted octanol–water partition coefficient (Wildman–Crippen LogP) is 5.15. The van der Waals surface area contributed by atoms with E-state index >= 15 is 0 Å². The summed E-state index contributed by atoms with van der Waals surface area (Å²) in [5, 5.41) is 0. The van der Waals surface area contributed by atoms with Gasteiger partial charge in [-0.05, 0) is 43.6 Å². The van der Waals surface area contributed by atoms with Crippen molar-refractivity contribution in [2.75, 3.05) is 0 Å². The second kappa shape index (κ2) is 8.04. The van der Waals surface area contributed by atoms with Crippen molar-refractivity contribution in [2.45, 2.75) is 39.9 Å². The van der Waals surface area contributed by atoms with Gasteiger partial charge in [0.25, 0.3) is 0 Å². The highest BCUT2D eigenvalue weighted by Crippen LogP contribution is 2.53. The fraction of sp³-hybridized carbons (Fsp3) is 0.400. The molecular formula is C15H20BrO4P. The number of Topliss-reactive ketones (excluding diaryl/α,β-unsaturated/α-hetero) is 1. The standard InChI is InChI=1S/C15H20BrO4P/c1-11(2)19-21(18,20-12(3)4)10-14(16)15(17)13-8-6-5-7-9-13/h5-12H,1-4H3/b14-10+. The summed E-state index contributed by atoms with van der Waals surface area (Å²) in [6.45, 7) is 7.04. The lowest BCUT2D eigenvalue weighted by Crippen LogP contribution is -2.07. The van der Waals surface area contributed by atoms with Crippen LogP contribution >= 0.6 is 23.5 Å². The Morgan fingerprint density at radius 2 is 1.57 bits per heavy atom. The molecule has 0 saturated heterocycles. The number of carbonyl (C=O) groups excluding carboxylic acids is 1. The molecule has 4 nitrogen and oxygen atoms in total. The molecule has 0 unspecified atom stereocenters. The first-order valence-electron chi connectivity index (χ1n) is 6.68. The minimum Gasteiger partial charge on any atom is -0.303 e. The first-order valence-corrected chi connectivity index (χ1v) is 9.08. The summed E-state index contributed by atoms with van der Waals surface area (Å²) in [6.07, 6.45) is -0.559. The molecule has 21 heavy (non-hydrogen) atoms. The number of benzene rings is 1. The maximum Gasteiger partial charge on any atom is 0.355 e. The summed E-state index contributed by atoms with van der Waals surface area (Å²) in [4.78, 5) is 12.2. The number of hydrogen-bond donors (Lipinski definition) is 0. The Kier molecular flexibility index (Phi) is 7.01. The lowest BCUT2D eigenvalue weighted by atomic mass is 10.1. The number of carbonyl (C=O) groups is 1. The third kappa shape index (κ3) is 6.27. The molecule has 0 atom stereocenters. The van der Waals surface area contributed by atoms with Crippen molar-refractivity contribution in [3.8, 4) is 0 Å². The summed E-state index contributed by atoms with van der Waals surface area (Å²) in [7, 11) is -3.49. The van der Waals surface area contributed by atoms with Gasteiger partial charge in [0.1, 0.15) is 0 Å². The SMILES string of the molecule is CC(C)OP(=O)(/C=C(/Br)C(=O)c1ccccc1)OC(C)C. The molecule has 0 aromatic heterocycles. The maximum atomic E-state index is 12.7. The Morgan fingerprint density at radius 1 is 1.10 bits per heavy atom. The number of rotatable bonds is 7. The number of halogens is 1. The molecule has 0 aliphatic heterocycles. The van der Waals surface area contributed by atoms with Gasteiger partial charge in [0.2, 0.25) is 0 Å². The molecule has 1 rings (SSSR count). The molecule has 6 heteroatoms. The van der Waals surface area contributed by atoms with E-state index in [0.717, 1.165) is 0 Å². The Bertz CT molecular complexity index is 538. The van der Waals surface area contributed by atoms with Crippen LogP contribution in [0.5, 0.6) is 0 Å². The lowest BCUT2D eigenvalue weighted by Gasteiger charge is -2.20. The molecule has 0 fully saturated rings. The van der Waals surface area contributed by atoms with Crippen LogP contribution in [0.25, 0.3) is 0 Å². The van der Waals surface area contributed by atoms with Gasteiger partial charge in [0, 0.05) is 11.4 Å². The van der Waals surface area contributed by atoms with Gasteiger partial charge in [-0.25, -0.2) is 0 Å². The largest absolute Gasteiger partial charge is 0.355 e. The number of ketones is 1. The summed E-state index contributed by atoms with van der Waals surface area (Å²) >= 11 is 3.18. The van der Waals surface area contributed by atoms with E-state index in [4.69, 9.17) is 9.05 Å². The molecule has 0 radical (unpaired) electrons. The van der Waals surface area contributed by atoms with Crippen LogP contribution in [0.4, 0.5) is 0 Å². The van der Waals surface area contributed by atoms with Crippen LogP contribution in [0, 0.1) is 0 Å². The Hall–Kier alpha value is -0.740. The van der Waals surface area contributed by atoms with Gasteiger partial charge >= 0.3 is 7.60 Å². The Balaban J connectivity index is 3.04. The van der Waals surface area contributed by atoms with Crippen LogP contribution in [0.2, 0.25) is 0 Å². The molecule has 0 aliphatic rings.